The second kappa shape index (κ2) is 8.78. The maximum atomic E-state index is 10.0. The van der Waals surface area contributed by atoms with Crippen LogP contribution in [0.1, 0.15) is 50.2 Å². The van der Waals surface area contributed by atoms with E-state index in [1.54, 1.807) is 32.2 Å². The molecule has 1 saturated carbocycles. The summed E-state index contributed by atoms with van der Waals surface area (Å²) >= 11 is 0. The summed E-state index contributed by atoms with van der Waals surface area (Å²) in [6.45, 7) is 3.60. The lowest BCUT2D eigenvalue weighted by molar-refractivity contribution is 0.0708. The Morgan fingerprint density at radius 3 is 2.58 bits per heavy atom. The maximum Gasteiger partial charge on any atom is 0.227 e. The first kappa shape index (κ1) is 20.9. The Bertz CT molecular complexity index is 1090. The van der Waals surface area contributed by atoms with Crippen LogP contribution >= 0.6 is 0 Å². The second-order valence-electron chi connectivity index (χ2n) is 8.69. The molecule has 0 bridgehead atoms. The van der Waals surface area contributed by atoms with Crippen LogP contribution in [0.25, 0.3) is 11.3 Å². The molecule has 158 valence electrons. The highest BCUT2D eigenvalue weighted by molar-refractivity contribution is 5.63. The van der Waals surface area contributed by atoms with E-state index in [4.69, 9.17) is 10.2 Å². The number of anilines is 2. The summed E-state index contributed by atoms with van der Waals surface area (Å²) in [5.41, 5.74) is 3.38. The minimum absolute atomic E-state index is 0.477. The zero-order chi connectivity index (χ0) is 21.8. The highest BCUT2D eigenvalue weighted by Crippen LogP contribution is 2.35. The van der Waals surface area contributed by atoms with E-state index in [1.807, 2.05) is 24.4 Å². The maximum absolute atomic E-state index is 10.0. The lowest BCUT2D eigenvalue weighted by Gasteiger charge is -2.16. The number of nitrogens with one attached hydrogen (secondary N) is 1. The van der Waals surface area contributed by atoms with Crippen molar-refractivity contribution in [3.05, 3.63) is 59.8 Å². The van der Waals surface area contributed by atoms with Crippen molar-refractivity contribution in [2.24, 2.45) is 5.92 Å². The molecular weight excluding hydrogens is 388 g/mol. The van der Waals surface area contributed by atoms with E-state index in [-0.39, 0.29) is 0 Å². The first-order valence-electron chi connectivity index (χ1n) is 10.6. The zero-order valence-corrected chi connectivity index (χ0v) is 17.8. The standard InChI is InChI=1S/C24H26N6O/c1-24(2,31)11-9-22-27-15-19(21(29-22)13-16-3-4-16)20-10-12-26-23(30-20)28-18-7-5-17(14-25)6-8-18/h5-8,10,12,15-16,31H,3-4,9,11,13H2,1-2H3,(H,26,28,30). The van der Waals surface area contributed by atoms with E-state index in [9.17, 15) is 5.11 Å². The molecule has 1 aliphatic rings. The summed E-state index contributed by atoms with van der Waals surface area (Å²) in [6, 6.07) is 11.1. The SMILES string of the molecule is CC(C)(O)CCc1ncc(-c2ccnc(Nc3ccc(C#N)cc3)n2)c(CC2CC2)n1. The normalized spacial score (nSPS) is 13.6. The van der Waals surface area contributed by atoms with Gasteiger partial charge in [-0.1, -0.05) is 0 Å². The van der Waals surface area contributed by atoms with Crippen molar-refractivity contribution in [3.8, 4) is 17.3 Å². The van der Waals surface area contributed by atoms with E-state index in [0.717, 1.165) is 34.9 Å². The molecule has 0 saturated heterocycles. The van der Waals surface area contributed by atoms with Gasteiger partial charge in [-0.05, 0) is 75.8 Å². The molecular formula is C24H26N6O. The van der Waals surface area contributed by atoms with Gasteiger partial charge in [-0.25, -0.2) is 19.9 Å². The van der Waals surface area contributed by atoms with Crippen LogP contribution in [0.4, 0.5) is 11.6 Å². The van der Waals surface area contributed by atoms with Gasteiger partial charge in [-0.15, -0.1) is 0 Å². The predicted octanol–water partition coefficient (Wildman–Crippen LogP) is 4.20. The van der Waals surface area contributed by atoms with Gasteiger partial charge in [0, 0.05) is 30.1 Å². The number of aliphatic hydroxyl groups is 1. The fourth-order valence-corrected chi connectivity index (χ4v) is 3.29. The highest BCUT2D eigenvalue weighted by atomic mass is 16.3. The van der Waals surface area contributed by atoms with Crippen molar-refractivity contribution in [1.29, 1.82) is 5.26 Å². The van der Waals surface area contributed by atoms with Crippen molar-refractivity contribution in [2.45, 2.75) is 51.6 Å². The highest BCUT2D eigenvalue weighted by Gasteiger charge is 2.25. The molecule has 0 spiro atoms. The van der Waals surface area contributed by atoms with E-state index >= 15 is 0 Å². The molecule has 2 N–H and O–H groups in total. The molecule has 3 aromatic rings. The van der Waals surface area contributed by atoms with Crippen LogP contribution in [0.5, 0.6) is 0 Å². The van der Waals surface area contributed by atoms with Crippen LogP contribution in [0.3, 0.4) is 0 Å². The van der Waals surface area contributed by atoms with Gasteiger partial charge in [0.15, 0.2) is 0 Å². The number of nitriles is 1. The number of aryl methyl sites for hydroxylation is 1. The quantitative estimate of drug-likeness (QED) is 0.568. The second-order valence-corrected chi connectivity index (χ2v) is 8.69. The summed E-state index contributed by atoms with van der Waals surface area (Å²) in [5, 5.41) is 22.2. The average Bonchev–Trinajstić information content (AvgIpc) is 3.57. The fraction of sp³-hybridized carbons (Fsp3) is 0.375. The summed E-state index contributed by atoms with van der Waals surface area (Å²) in [6.07, 6.45) is 8.19. The molecule has 0 amide bonds. The lowest BCUT2D eigenvalue weighted by Crippen LogP contribution is -2.20. The van der Waals surface area contributed by atoms with Crippen molar-refractivity contribution in [1.82, 2.24) is 19.9 Å². The first-order valence-corrected chi connectivity index (χ1v) is 10.6. The van der Waals surface area contributed by atoms with Crippen molar-refractivity contribution >= 4 is 11.6 Å². The first-order chi connectivity index (χ1) is 14.9. The van der Waals surface area contributed by atoms with Gasteiger partial charge >= 0.3 is 0 Å². The zero-order valence-electron chi connectivity index (χ0n) is 17.8. The molecule has 2 heterocycles. The Kier molecular flexibility index (Phi) is 5.92. The van der Waals surface area contributed by atoms with Gasteiger partial charge in [0.2, 0.25) is 5.95 Å². The molecule has 0 aliphatic heterocycles. The van der Waals surface area contributed by atoms with Crippen LogP contribution in [0.15, 0.2) is 42.7 Å². The monoisotopic (exact) mass is 414 g/mol. The molecule has 0 unspecified atom stereocenters. The van der Waals surface area contributed by atoms with E-state index in [1.165, 1.54) is 12.8 Å². The smallest absolute Gasteiger partial charge is 0.227 e. The molecule has 0 radical (unpaired) electrons. The Morgan fingerprint density at radius 1 is 1.13 bits per heavy atom. The number of hydrogen-bond acceptors (Lipinski definition) is 7. The molecule has 1 aliphatic carbocycles. The van der Waals surface area contributed by atoms with Gasteiger partial charge in [0.05, 0.1) is 28.6 Å². The molecule has 1 aromatic carbocycles. The van der Waals surface area contributed by atoms with Crippen LogP contribution in [0, 0.1) is 17.2 Å². The van der Waals surface area contributed by atoms with E-state index < -0.39 is 5.60 Å². The van der Waals surface area contributed by atoms with E-state index in [2.05, 4.69) is 26.3 Å². The van der Waals surface area contributed by atoms with Crippen molar-refractivity contribution < 1.29 is 5.11 Å². The number of benzene rings is 1. The molecule has 31 heavy (non-hydrogen) atoms. The summed E-state index contributed by atoms with van der Waals surface area (Å²) in [7, 11) is 0. The predicted molar refractivity (Wildman–Crippen MR) is 119 cm³/mol. The van der Waals surface area contributed by atoms with Crippen LogP contribution in [0.2, 0.25) is 0 Å². The topological polar surface area (TPSA) is 108 Å². The molecule has 0 atom stereocenters. The van der Waals surface area contributed by atoms with Crippen molar-refractivity contribution in [3.63, 3.8) is 0 Å². The number of rotatable bonds is 8. The van der Waals surface area contributed by atoms with Crippen LogP contribution < -0.4 is 5.32 Å². The number of hydrogen-bond donors (Lipinski definition) is 2. The molecule has 2 aromatic heterocycles. The third kappa shape index (κ3) is 5.83. The summed E-state index contributed by atoms with van der Waals surface area (Å²) in [5.74, 6) is 1.91. The Hall–Kier alpha value is -3.37. The number of nitrogens with zero attached hydrogens (tertiary/aromatic N) is 5. The average molecular weight is 415 g/mol. The molecule has 4 rings (SSSR count). The molecule has 7 heteroatoms. The fourth-order valence-electron chi connectivity index (χ4n) is 3.29. The Labute approximate surface area is 182 Å². The summed E-state index contributed by atoms with van der Waals surface area (Å²) < 4.78 is 0. The summed E-state index contributed by atoms with van der Waals surface area (Å²) in [4.78, 5) is 18.4. The number of aromatic nitrogens is 4. The van der Waals surface area contributed by atoms with E-state index in [0.29, 0.717) is 30.3 Å². The van der Waals surface area contributed by atoms with Gasteiger partial charge in [-0.2, -0.15) is 5.26 Å². The minimum Gasteiger partial charge on any atom is -0.390 e. The Balaban J connectivity index is 1.58. The van der Waals surface area contributed by atoms with Gasteiger partial charge < -0.3 is 10.4 Å². The Morgan fingerprint density at radius 2 is 1.90 bits per heavy atom. The largest absolute Gasteiger partial charge is 0.390 e. The lowest BCUT2D eigenvalue weighted by atomic mass is 10.0. The molecule has 7 nitrogen and oxygen atoms in total. The van der Waals surface area contributed by atoms with Gasteiger partial charge in [0.25, 0.3) is 0 Å². The third-order valence-corrected chi connectivity index (χ3v) is 5.26. The van der Waals surface area contributed by atoms with Gasteiger partial charge in [-0.3, -0.25) is 0 Å². The minimum atomic E-state index is -0.739. The van der Waals surface area contributed by atoms with Crippen LogP contribution in [-0.4, -0.2) is 30.6 Å². The van der Waals surface area contributed by atoms with Crippen molar-refractivity contribution in [2.75, 3.05) is 5.32 Å². The van der Waals surface area contributed by atoms with Gasteiger partial charge in [0.1, 0.15) is 5.82 Å². The van der Waals surface area contributed by atoms with Crippen LogP contribution in [-0.2, 0) is 12.8 Å². The third-order valence-electron chi connectivity index (χ3n) is 5.26. The molecule has 1 fully saturated rings.